The van der Waals surface area contributed by atoms with Gasteiger partial charge in [0.2, 0.25) is 5.88 Å². The van der Waals surface area contributed by atoms with Crippen molar-refractivity contribution in [1.29, 1.82) is 0 Å². The molecular formula is C14H14Cl2N2O2. The first-order chi connectivity index (χ1) is 9.55. The molecule has 1 heterocycles. The Hall–Kier alpha value is -1.65. The zero-order chi connectivity index (χ0) is 14.7. The van der Waals surface area contributed by atoms with Crippen LogP contribution in [0.3, 0.4) is 0 Å². The molecule has 1 N–H and O–H groups in total. The van der Waals surface area contributed by atoms with E-state index in [1.54, 1.807) is 26.3 Å². The van der Waals surface area contributed by atoms with E-state index in [0.29, 0.717) is 27.4 Å². The van der Waals surface area contributed by atoms with Crippen LogP contribution >= 0.6 is 23.2 Å². The lowest BCUT2D eigenvalue weighted by molar-refractivity contribution is 0.374. The molecule has 0 spiro atoms. The Labute approximate surface area is 127 Å². The van der Waals surface area contributed by atoms with E-state index >= 15 is 0 Å². The predicted molar refractivity (Wildman–Crippen MR) is 81.6 cm³/mol. The summed E-state index contributed by atoms with van der Waals surface area (Å²) in [6.45, 7) is 1.97. The third-order valence-corrected chi connectivity index (χ3v) is 3.22. The summed E-state index contributed by atoms with van der Waals surface area (Å²) in [7, 11) is 3.30. The minimum atomic E-state index is 0.266. The first-order valence-corrected chi connectivity index (χ1v) is 6.67. The van der Waals surface area contributed by atoms with Gasteiger partial charge in [-0.05, 0) is 30.7 Å². The number of pyridine rings is 1. The number of hydrogen-bond donors (Lipinski definition) is 1. The number of nitrogens with zero attached hydrogens (tertiary/aromatic N) is 1. The summed E-state index contributed by atoms with van der Waals surface area (Å²) in [5.74, 6) is 1.92. The van der Waals surface area contributed by atoms with Crippen molar-refractivity contribution in [2.24, 2.45) is 0 Å². The van der Waals surface area contributed by atoms with Crippen LogP contribution in [0, 0.1) is 6.92 Å². The van der Waals surface area contributed by atoms with Crippen molar-refractivity contribution in [2.75, 3.05) is 19.5 Å². The van der Waals surface area contributed by atoms with Crippen molar-refractivity contribution in [3.63, 3.8) is 0 Å². The first-order valence-electron chi connectivity index (χ1n) is 5.91. The molecule has 6 heteroatoms. The van der Waals surface area contributed by atoms with Crippen LogP contribution < -0.4 is 14.8 Å². The number of anilines is 1. The lowest BCUT2D eigenvalue weighted by Gasteiger charge is -2.12. The van der Waals surface area contributed by atoms with Crippen LogP contribution in [-0.4, -0.2) is 19.1 Å². The fourth-order valence-corrected chi connectivity index (χ4v) is 2.15. The third kappa shape index (κ3) is 3.08. The van der Waals surface area contributed by atoms with Crippen molar-refractivity contribution in [2.45, 2.75) is 6.92 Å². The number of nitrogens with one attached hydrogen (secondary N) is 1. The van der Waals surface area contributed by atoms with Crippen molar-refractivity contribution in [1.82, 2.24) is 4.98 Å². The van der Waals surface area contributed by atoms with E-state index in [1.807, 2.05) is 19.1 Å². The van der Waals surface area contributed by atoms with Crippen molar-refractivity contribution in [3.8, 4) is 17.4 Å². The van der Waals surface area contributed by atoms with Gasteiger partial charge in [-0.2, -0.15) is 4.98 Å². The SMILES string of the molecule is CNc1nc(Oc2ccc(C)cc2OC)c(Cl)cc1Cl. The van der Waals surface area contributed by atoms with E-state index in [4.69, 9.17) is 32.7 Å². The molecule has 0 atom stereocenters. The molecule has 0 aliphatic rings. The van der Waals surface area contributed by atoms with Crippen molar-refractivity contribution < 1.29 is 9.47 Å². The molecule has 0 unspecified atom stereocenters. The van der Waals surface area contributed by atoms with Crippen LogP contribution in [-0.2, 0) is 0 Å². The number of halogens is 2. The second kappa shape index (κ2) is 6.20. The third-order valence-electron chi connectivity index (χ3n) is 2.66. The van der Waals surface area contributed by atoms with Gasteiger partial charge in [-0.3, -0.25) is 0 Å². The molecule has 0 bridgehead atoms. The highest BCUT2D eigenvalue weighted by molar-refractivity contribution is 6.36. The lowest BCUT2D eigenvalue weighted by Crippen LogP contribution is -1.98. The summed E-state index contributed by atoms with van der Waals surface area (Å²) in [5, 5.41) is 3.63. The maximum Gasteiger partial charge on any atom is 0.240 e. The average molecular weight is 313 g/mol. The molecule has 0 fully saturated rings. The second-order valence-electron chi connectivity index (χ2n) is 4.11. The summed E-state index contributed by atoms with van der Waals surface area (Å²) in [6, 6.07) is 7.18. The lowest BCUT2D eigenvalue weighted by atomic mass is 10.2. The number of hydrogen-bond acceptors (Lipinski definition) is 4. The standard InChI is InChI=1S/C14H14Cl2N2O2/c1-8-4-5-11(12(6-8)19-3)20-14-10(16)7-9(15)13(17-2)18-14/h4-7H,1-3H3,(H,17,18). The summed E-state index contributed by atoms with van der Waals surface area (Å²) < 4.78 is 11.0. The number of ether oxygens (including phenoxy) is 2. The molecule has 2 rings (SSSR count). The van der Waals surface area contributed by atoms with Gasteiger partial charge >= 0.3 is 0 Å². The second-order valence-corrected chi connectivity index (χ2v) is 4.93. The zero-order valence-corrected chi connectivity index (χ0v) is 12.8. The summed E-state index contributed by atoms with van der Waals surface area (Å²) in [6.07, 6.45) is 0. The smallest absolute Gasteiger partial charge is 0.240 e. The number of methoxy groups -OCH3 is 1. The van der Waals surface area contributed by atoms with E-state index in [-0.39, 0.29) is 5.88 Å². The maximum absolute atomic E-state index is 6.09. The maximum atomic E-state index is 6.09. The van der Waals surface area contributed by atoms with Crippen molar-refractivity contribution in [3.05, 3.63) is 39.9 Å². The topological polar surface area (TPSA) is 43.4 Å². The van der Waals surface area contributed by atoms with Crippen LogP contribution in [0.25, 0.3) is 0 Å². The predicted octanol–water partition coefficient (Wildman–Crippen LogP) is 4.54. The van der Waals surface area contributed by atoms with Gasteiger partial charge in [0.05, 0.1) is 12.1 Å². The number of aryl methyl sites for hydroxylation is 1. The Balaban J connectivity index is 2.39. The monoisotopic (exact) mass is 312 g/mol. The molecular weight excluding hydrogens is 299 g/mol. The molecule has 2 aromatic rings. The Bertz CT molecular complexity index is 633. The van der Waals surface area contributed by atoms with Gasteiger partial charge in [0.1, 0.15) is 10.8 Å². The molecule has 0 aliphatic carbocycles. The van der Waals surface area contributed by atoms with Gasteiger partial charge in [0, 0.05) is 7.05 Å². The highest BCUT2D eigenvalue weighted by Crippen LogP contribution is 2.37. The Kier molecular flexibility index (Phi) is 4.57. The molecule has 0 saturated heterocycles. The molecule has 1 aromatic carbocycles. The number of rotatable bonds is 4. The van der Waals surface area contributed by atoms with Crippen LogP contribution in [0.1, 0.15) is 5.56 Å². The average Bonchev–Trinajstić information content (AvgIpc) is 2.43. The van der Waals surface area contributed by atoms with E-state index < -0.39 is 0 Å². The Morgan fingerprint density at radius 2 is 1.85 bits per heavy atom. The number of aromatic nitrogens is 1. The van der Waals surface area contributed by atoms with E-state index in [9.17, 15) is 0 Å². The highest BCUT2D eigenvalue weighted by atomic mass is 35.5. The first kappa shape index (κ1) is 14.8. The van der Waals surface area contributed by atoms with Gasteiger partial charge in [-0.25, -0.2) is 0 Å². The van der Waals surface area contributed by atoms with Crippen LogP contribution in [0.15, 0.2) is 24.3 Å². The van der Waals surface area contributed by atoms with Gasteiger partial charge < -0.3 is 14.8 Å². The fourth-order valence-electron chi connectivity index (χ4n) is 1.66. The summed E-state index contributed by atoms with van der Waals surface area (Å²) in [5.41, 5.74) is 1.07. The molecule has 1 aromatic heterocycles. The minimum Gasteiger partial charge on any atom is -0.493 e. The van der Waals surface area contributed by atoms with Gasteiger partial charge in [0.15, 0.2) is 11.5 Å². The molecule has 0 aliphatic heterocycles. The van der Waals surface area contributed by atoms with Gasteiger partial charge in [-0.1, -0.05) is 29.3 Å². The van der Waals surface area contributed by atoms with E-state index in [0.717, 1.165) is 5.56 Å². The van der Waals surface area contributed by atoms with Gasteiger partial charge in [-0.15, -0.1) is 0 Å². The fraction of sp³-hybridized carbons (Fsp3) is 0.214. The quantitative estimate of drug-likeness (QED) is 0.900. The highest BCUT2D eigenvalue weighted by Gasteiger charge is 2.13. The molecule has 4 nitrogen and oxygen atoms in total. The van der Waals surface area contributed by atoms with E-state index in [2.05, 4.69) is 10.3 Å². The molecule has 0 saturated carbocycles. The molecule has 0 radical (unpaired) electrons. The van der Waals surface area contributed by atoms with Crippen LogP contribution in [0.2, 0.25) is 10.0 Å². The molecule has 0 amide bonds. The Morgan fingerprint density at radius 3 is 2.50 bits per heavy atom. The largest absolute Gasteiger partial charge is 0.493 e. The normalized spacial score (nSPS) is 10.2. The molecule has 106 valence electrons. The van der Waals surface area contributed by atoms with Crippen molar-refractivity contribution >= 4 is 29.0 Å². The molecule has 20 heavy (non-hydrogen) atoms. The Morgan fingerprint density at radius 1 is 1.10 bits per heavy atom. The summed E-state index contributed by atoms with van der Waals surface area (Å²) in [4.78, 5) is 4.23. The van der Waals surface area contributed by atoms with Gasteiger partial charge in [0.25, 0.3) is 0 Å². The van der Waals surface area contributed by atoms with E-state index in [1.165, 1.54) is 0 Å². The minimum absolute atomic E-state index is 0.266. The summed E-state index contributed by atoms with van der Waals surface area (Å²) >= 11 is 12.1. The number of benzene rings is 1. The zero-order valence-electron chi connectivity index (χ0n) is 11.3. The van der Waals surface area contributed by atoms with Crippen LogP contribution in [0.5, 0.6) is 17.4 Å². The van der Waals surface area contributed by atoms with Crippen LogP contribution in [0.4, 0.5) is 5.82 Å².